The van der Waals surface area contributed by atoms with Gasteiger partial charge in [-0.1, -0.05) is 27.7 Å². The molecule has 0 radical (unpaired) electrons. The van der Waals surface area contributed by atoms with E-state index < -0.39 is 0 Å². The van der Waals surface area contributed by atoms with Crippen LogP contribution in [0.4, 0.5) is 0 Å². The largest absolute Gasteiger partial charge is 0.461 e. The summed E-state index contributed by atoms with van der Waals surface area (Å²) in [6, 6.07) is 0. The molecule has 1 unspecified atom stereocenters. The van der Waals surface area contributed by atoms with Gasteiger partial charge in [-0.15, -0.1) is 0 Å². The van der Waals surface area contributed by atoms with Crippen molar-refractivity contribution in [3.8, 4) is 0 Å². The predicted molar refractivity (Wildman–Crippen MR) is 43.1 cm³/mol. The minimum absolute atomic E-state index is 0.0330. The zero-order valence-electron chi connectivity index (χ0n) is 7.68. The fraction of sp³-hybridized carbons (Fsp3) is 0.889. The molecular formula is C9H16O2. The maximum atomic E-state index is 11.0. The summed E-state index contributed by atoms with van der Waals surface area (Å²) in [7, 11) is 0. The van der Waals surface area contributed by atoms with Crippen LogP contribution in [0, 0.1) is 11.3 Å². The summed E-state index contributed by atoms with van der Waals surface area (Å²) in [6.07, 6.45) is 0.672. The molecular weight excluding hydrogens is 140 g/mol. The van der Waals surface area contributed by atoms with Crippen LogP contribution in [0.15, 0.2) is 0 Å². The van der Waals surface area contributed by atoms with Gasteiger partial charge in [0.15, 0.2) is 0 Å². The molecule has 0 aromatic rings. The van der Waals surface area contributed by atoms with Gasteiger partial charge in [0.05, 0.1) is 6.42 Å². The second-order valence-corrected chi connectivity index (χ2v) is 4.32. The Bertz CT molecular complexity index is 170. The van der Waals surface area contributed by atoms with Crippen molar-refractivity contribution in [2.75, 3.05) is 0 Å². The fourth-order valence-electron chi connectivity index (χ4n) is 1.85. The van der Waals surface area contributed by atoms with E-state index in [4.69, 9.17) is 4.74 Å². The quantitative estimate of drug-likeness (QED) is 0.543. The van der Waals surface area contributed by atoms with Crippen LogP contribution < -0.4 is 0 Å². The molecule has 1 heterocycles. The molecule has 64 valence electrons. The Morgan fingerprint density at radius 3 is 2.27 bits per heavy atom. The van der Waals surface area contributed by atoms with Gasteiger partial charge in [-0.3, -0.25) is 4.79 Å². The monoisotopic (exact) mass is 156 g/mol. The molecule has 1 aliphatic heterocycles. The molecule has 0 saturated carbocycles. The Kier molecular flexibility index (Phi) is 1.95. The Morgan fingerprint density at radius 2 is 2.09 bits per heavy atom. The molecule has 1 atom stereocenters. The van der Waals surface area contributed by atoms with Crippen LogP contribution in [-0.2, 0) is 9.53 Å². The van der Waals surface area contributed by atoms with Crippen LogP contribution in [-0.4, -0.2) is 12.1 Å². The van der Waals surface area contributed by atoms with Gasteiger partial charge >= 0.3 is 5.97 Å². The van der Waals surface area contributed by atoms with Crippen LogP contribution >= 0.6 is 0 Å². The van der Waals surface area contributed by atoms with Crippen LogP contribution in [0.2, 0.25) is 0 Å². The molecule has 2 nitrogen and oxygen atoms in total. The number of esters is 1. The second kappa shape index (κ2) is 2.50. The Morgan fingerprint density at radius 1 is 1.55 bits per heavy atom. The lowest BCUT2D eigenvalue weighted by molar-refractivity contribution is -0.143. The van der Waals surface area contributed by atoms with Crippen molar-refractivity contribution in [2.45, 2.75) is 40.2 Å². The zero-order chi connectivity index (χ0) is 8.65. The molecule has 0 bridgehead atoms. The lowest BCUT2D eigenvalue weighted by atomic mass is 9.80. The number of ether oxygens (including phenoxy) is 1. The van der Waals surface area contributed by atoms with Crippen LogP contribution in [0.3, 0.4) is 0 Å². The highest BCUT2D eigenvalue weighted by molar-refractivity contribution is 5.72. The number of hydrogen-bond acceptors (Lipinski definition) is 2. The summed E-state index contributed by atoms with van der Waals surface area (Å²) < 4.78 is 5.20. The summed E-state index contributed by atoms with van der Waals surface area (Å²) in [4.78, 5) is 11.0. The van der Waals surface area contributed by atoms with E-state index in [0.29, 0.717) is 12.3 Å². The van der Waals surface area contributed by atoms with Gasteiger partial charge in [0.1, 0.15) is 6.10 Å². The van der Waals surface area contributed by atoms with Gasteiger partial charge < -0.3 is 4.74 Å². The number of rotatable bonds is 1. The molecule has 0 aromatic heterocycles. The first-order chi connectivity index (χ1) is 4.93. The maximum absolute atomic E-state index is 11.0. The highest BCUT2D eigenvalue weighted by Crippen LogP contribution is 2.38. The van der Waals surface area contributed by atoms with E-state index in [0.717, 1.165) is 0 Å². The van der Waals surface area contributed by atoms with Crippen LogP contribution in [0.25, 0.3) is 0 Å². The van der Waals surface area contributed by atoms with E-state index in [2.05, 4.69) is 27.7 Å². The van der Waals surface area contributed by atoms with E-state index in [1.807, 2.05) is 0 Å². The molecule has 1 fully saturated rings. The van der Waals surface area contributed by atoms with E-state index in [1.165, 1.54) is 0 Å². The highest BCUT2D eigenvalue weighted by atomic mass is 16.6. The molecule has 0 aliphatic carbocycles. The smallest absolute Gasteiger partial charge is 0.306 e. The van der Waals surface area contributed by atoms with Gasteiger partial charge in [-0.05, 0) is 5.92 Å². The van der Waals surface area contributed by atoms with Crippen molar-refractivity contribution in [3.05, 3.63) is 0 Å². The van der Waals surface area contributed by atoms with Crippen molar-refractivity contribution in [3.63, 3.8) is 0 Å². The van der Waals surface area contributed by atoms with E-state index in [-0.39, 0.29) is 17.5 Å². The Balaban J connectivity index is 2.74. The Labute approximate surface area is 67.9 Å². The highest BCUT2D eigenvalue weighted by Gasteiger charge is 2.43. The topological polar surface area (TPSA) is 26.3 Å². The molecule has 1 rings (SSSR count). The SMILES string of the molecule is CC(C)C1OC(=O)CC1(C)C. The standard InChI is InChI=1S/C9H16O2/c1-6(2)8-9(3,4)5-7(10)11-8/h6,8H,5H2,1-4H3. The molecule has 11 heavy (non-hydrogen) atoms. The molecule has 1 aliphatic rings. The van der Waals surface area contributed by atoms with E-state index >= 15 is 0 Å². The predicted octanol–water partition coefficient (Wildman–Crippen LogP) is 1.98. The average molecular weight is 156 g/mol. The maximum Gasteiger partial charge on any atom is 0.306 e. The van der Waals surface area contributed by atoms with Gasteiger partial charge in [0.2, 0.25) is 0 Å². The normalized spacial score (nSPS) is 29.2. The zero-order valence-corrected chi connectivity index (χ0v) is 7.68. The number of hydrogen-bond donors (Lipinski definition) is 0. The summed E-state index contributed by atoms with van der Waals surface area (Å²) >= 11 is 0. The lowest BCUT2D eigenvalue weighted by Gasteiger charge is -2.26. The first kappa shape index (κ1) is 8.57. The van der Waals surface area contributed by atoms with Gasteiger partial charge in [0, 0.05) is 5.41 Å². The number of carbonyl (C=O) groups excluding carboxylic acids is 1. The van der Waals surface area contributed by atoms with E-state index in [9.17, 15) is 4.79 Å². The van der Waals surface area contributed by atoms with Gasteiger partial charge in [-0.2, -0.15) is 0 Å². The molecule has 2 heteroatoms. The first-order valence-electron chi connectivity index (χ1n) is 4.13. The minimum atomic E-state index is -0.0475. The van der Waals surface area contributed by atoms with Crippen LogP contribution in [0.5, 0.6) is 0 Å². The van der Waals surface area contributed by atoms with Crippen molar-refractivity contribution in [1.29, 1.82) is 0 Å². The Hall–Kier alpha value is -0.530. The van der Waals surface area contributed by atoms with Gasteiger partial charge in [-0.25, -0.2) is 0 Å². The average Bonchev–Trinajstić information content (AvgIpc) is 2.04. The third kappa shape index (κ3) is 1.55. The summed E-state index contributed by atoms with van der Waals surface area (Å²) in [5, 5.41) is 0. The minimum Gasteiger partial charge on any atom is -0.461 e. The third-order valence-electron chi connectivity index (χ3n) is 2.23. The van der Waals surface area contributed by atoms with Crippen molar-refractivity contribution >= 4 is 5.97 Å². The molecule has 0 aromatic carbocycles. The number of carbonyl (C=O) groups is 1. The summed E-state index contributed by atoms with van der Waals surface area (Å²) in [5.41, 5.74) is 0.0330. The molecule has 0 amide bonds. The number of cyclic esters (lactones) is 1. The summed E-state index contributed by atoms with van der Waals surface area (Å²) in [6.45, 7) is 8.35. The van der Waals surface area contributed by atoms with E-state index in [1.54, 1.807) is 0 Å². The van der Waals surface area contributed by atoms with Crippen LogP contribution in [0.1, 0.15) is 34.1 Å². The third-order valence-corrected chi connectivity index (χ3v) is 2.23. The summed E-state index contributed by atoms with van der Waals surface area (Å²) in [5.74, 6) is 0.380. The lowest BCUT2D eigenvalue weighted by Crippen LogP contribution is -2.29. The molecule has 0 spiro atoms. The fourth-order valence-corrected chi connectivity index (χ4v) is 1.85. The molecule has 0 N–H and O–H groups in total. The van der Waals surface area contributed by atoms with Crippen molar-refractivity contribution < 1.29 is 9.53 Å². The second-order valence-electron chi connectivity index (χ2n) is 4.32. The van der Waals surface area contributed by atoms with Crippen molar-refractivity contribution in [1.82, 2.24) is 0 Å². The van der Waals surface area contributed by atoms with Gasteiger partial charge in [0.25, 0.3) is 0 Å². The molecule has 1 saturated heterocycles. The first-order valence-corrected chi connectivity index (χ1v) is 4.13. The van der Waals surface area contributed by atoms with Crippen molar-refractivity contribution in [2.24, 2.45) is 11.3 Å².